The predicted molar refractivity (Wildman–Crippen MR) is 102 cm³/mol. The van der Waals surface area contributed by atoms with Gasteiger partial charge in [0.1, 0.15) is 6.61 Å². The molecule has 0 radical (unpaired) electrons. The highest BCUT2D eigenvalue weighted by Crippen LogP contribution is 2.31. The summed E-state index contributed by atoms with van der Waals surface area (Å²) < 4.78 is 51.6. The highest BCUT2D eigenvalue weighted by Gasteiger charge is 2.30. The SMILES string of the molecule is O=C(Cc1cccc(C(F)(F)F)c1)Nc1cnn(C[C@H]2COc3ccccc3O2)c1. The minimum atomic E-state index is -4.45. The van der Waals surface area contributed by atoms with E-state index in [1.807, 2.05) is 24.3 Å². The van der Waals surface area contributed by atoms with Gasteiger partial charge in [0, 0.05) is 6.20 Å². The van der Waals surface area contributed by atoms with E-state index >= 15 is 0 Å². The van der Waals surface area contributed by atoms with Crippen molar-refractivity contribution in [1.82, 2.24) is 9.78 Å². The molecular formula is C21H18F3N3O3. The van der Waals surface area contributed by atoms with E-state index in [1.54, 1.807) is 10.9 Å². The Morgan fingerprint density at radius 3 is 2.77 bits per heavy atom. The number of halogens is 3. The van der Waals surface area contributed by atoms with E-state index in [2.05, 4.69) is 10.4 Å². The standard InChI is InChI=1S/C21H18F3N3O3/c22-21(23,24)15-5-3-4-14(8-15)9-20(28)26-16-10-25-27(11-16)12-17-13-29-18-6-1-2-7-19(18)30-17/h1-8,10-11,17H,9,12-13H2,(H,26,28)/t17-/m0/s1. The van der Waals surface area contributed by atoms with Gasteiger partial charge >= 0.3 is 6.18 Å². The Morgan fingerprint density at radius 1 is 1.17 bits per heavy atom. The minimum Gasteiger partial charge on any atom is -0.486 e. The first kappa shape index (κ1) is 19.8. The molecule has 9 heteroatoms. The fourth-order valence-electron chi connectivity index (χ4n) is 3.14. The fraction of sp³-hybridized carbons (Fsp3) is 0.238. The number of carbonyl (C=O) groups is 1. The number of hydrogen-bond donors (Lipinski definition) is 1. The second-order valence-corrected chi connectivity index (χ2v) is 6.87. The van der Waals surface area contributed by atoms with Gasteiger partial charge in [0.15, 0.2) is 17.6 Å². The molecule has 1 atom stereocenters. The van der Waals surface area contributed by atoms with Gasteiger partial charge in [0.05, 0.1) is 30.4 Å². The van der Waals surface area contributed by atoms with E-state index in [1.165, 1.54) is 18.3 Å². The minimum absolute atomic E-state index is 0.175. The van der Waals surface area contributed by atoms with Crippen LogP contribution in [0.2, 0.25) is 0 Å². The second-order valence-electron chi connectivity index (χ2n) is 6.87. The van der Waals surface area contributed by atoms with Crippen molar-refractivity contribution in [3.63, 3.8) is 0 Å². The van der Waals surface area contributed by atoms with Gasteiger partial charge in [-0.2, -0.15) is 18.3 Å². The molecule has 156 valence electrons. The van der Waals surface area contributed by atoms with Crippen LogP contribution in [-0.4, -0.2) is 28.4 Å². The molecular weight excluding hydrogens is 399 g/mol. The van der Waals surface area contributed by atoms with Crippen LogP contribution in [0.4, 0.5) is 18.9 Å². The lowest BCUT2D eigenvalue weighted by Gasteiger charge is -2.26. The number of rotatable bonds is 5. The zero-order chi connectivity index (χ0) is 21.1. The molecule has 2 heterocycles. The van der Waals surface area contributed by atoms with Crippen LogP contribution in [0.3, 0.4) is 0 Å². The summed E-state index contributed by atoms with van der Waals surface area (Å²) in [6, 6.07) is 12.1. The number of aromatic nitrogens is 2. The Hall–Kier alpha value is -3.49. The highest BCUT2D eigenvalue weighted by atomic mass is 19.4. The number of nitrogens with zero attached hydrogens (tertiary/aromatic N) is 2. The van der Waals surface area contributed by atoms with Crippen LogP contribution in [-0.2, 0) is 23.9 Å². The van der Waals surface area contributed by atoms with E-state index in [9.17, 15) is 18.0 Å². The Morgan fingerprint density at radius 2 is 1.97 bits per heavy atom. The number of alkyl halides is 3. The van der Waals surface area contributed by atoms with Crippen molar-refractivity contribution in [3.05, 3.63) is 72.1 Å². The summed E-state index contributed by atoms with van der Waals surface area (Å²) in [6.45, 7) is 0.784. The molecule has 0 unspecified atom stereocenters. The topological polar surface area (TPSA) is 65.4 Å². The summed E-state index contributed by atoms with van der Waals surface area (Å²) in [7, 11) is 0. The van der Waals surface area contributed by atoms with Gasteiger partial charge in [-0.05, 0) is 23.8 Å². The summed E-state index contributed by atoms with van der Waals surface area (Å²) in [5, 5.41) is 6.84. The van der Waals surface area contributed by atoms with Crippen LogP contribution >= 0.6 is 0 Å². The van der Waals surface area contributed by atoms with Crippen molar-refractivity contribution in [3.8, 4) is 11.5 Å². The molecule has 4 rings (SSSR count). The molecule has 1 amide bonds. The Kier molecular flexibility index (Phi) is 5.35. The van der Waals surface area contributed by atoms with E-state index in [4.69, 9.17) is 9.47 Å². The van der Waals surface area contributed by atoms with Crippen LogP contribution < -0.4 is 14.8 Å². The molecule has 6 nitrogen and oxygen atoms in total. The average Bonchev–Trinajstić information content (AvgIpc) is 3.14. The molecule has 2 aromatic carbocycles. The number of carbonyl (C=O) groups excluding carboxylic acids is 1. The van der Waals surface area contributed by atoms with E-state index < -0.39 is 17.6 Å². The molecule has 0 fully saturated rings. The van der Waals surface area contributed by atoms with Gasteiger partial charge in [0.25, 0.3) is 0 Å². The second kappa shape index (κ2) is 8.10. The number of ether oxygens (including phenoxy) is 2. The van der Waals surface area contributed by atoms with Crippen molar-refractivity contribution in [2.24, 2.45) is 0 Å². The van der Waals surface area contributed by atoms with Crippen LogP contribution in [0.1, 0.15) is 11.1 Å². The maximum absolute atomic E-state index is 12.8. The first-order valence-electron chi connectivity index (χ1n) is 9.24. The lowest BCUT2D eigenvalue weighted by atomic mass is 10.1. The first-order chi connectivity index (χ1) is 14.4. The monoisotopic (exact) mass is 417 g/mol. The first-order valence-corrected chi connectivity index (χ1v) is 9.24. The number of fused-ring (bicyclic) bond motifs is 1. The van der Waals surface area contributed by atoms with Crippen LogP contribution in [0.15, 0.2) is 60.9 Å². The van der Waals surface area contributed by atoms with Gasteiger partial charge in [-0.1, -0.05) is 30.3 Å². The summed E-state index contributed by atoms with van der Waals surface area (Å²) >= 11 is 0. The summed E-state index contributed by atoms with van der Waals surface area (Å²) in [5.74, 6) is 0.923. The zero-order valence-electron chi connectivity index (χ0n) is 15.7. The normalized spacial score (nSPS) is 15.6. The average molecular weight is 417 g/mol. The molecule has 1 N–H and O–H groups in total. The van der Waals surface area contributed by atoms with Gasteiger partial charge in [0.2, 0.25) is 5.91 Å². The summed E-state index contributed by atoms with van der Waals surface area (Å²) in [5.41, 5.74) is -0.0536. The molecule has 0 bridgehead atoms. The molecule has 30 heavy (non-hydrogen) atoms. The number of amides is 1. The highest BCUT2D eigenvalue weighted by molar-refractivity contribution is 5.92. The third kappa shape index (κ3) is 4.73. The number of para-hydroxylation sites is 2. The van der Waals surface area contributed by atoms with Crippen molar-refractivity contribution >= 4 is 11.6 Å². The molecule has 1 aliphatic heterocycles. The maximum Gasteiger partial charge on any atom is 0.416 e. The van der Waals surface area contributed by atoms with E-state index in [0.29, 0.717) is 30.3 Å². The lowest BCUT2D eigenvalue weighted by Crippen LogP contribution is -2.33. The van der Waals surface area contributed by atoms with Crippen molar-refractivity contribution in [2.75, 3.05) is 11.9 Å². The summed E-state index contributed by atoms with van der Waals surface area (Å²) in [6.07, 6.45) is -1.76. The largest absolute Gasteiger partial charge is 0.486 e. The number of hydrogen-bond acceptors (Lipinski definition) is 4. The zero-order valence-corrected chi connectivity index (χ0v) is 15.7. The van der Waals surface area contributed by atoms with Crippen molar-refractivity contribution in [1.29, 1.82) is 0 Å². The number of anilines is 1. The molecule has 0 saturated heterocycles. The third-order valence-electron chi connectivity index (χ3n) is 4.49. The van der Waals surface area contributed by atoms with Gasteiger partial charge in [-0.25, -0.2) is 0 Å². The van der Waals surface area contributed by atoms with E-state index in [0.717, 1.165) is 12.1 Å². The molecule has 1 aliphatic rings. The van der Waals surface area contributed by atoms with Crippen molar-refractivity contribution < 1.29 is 27.4 Å². The smallest absolute Gasteiger partial charge is 0.416 e. The van der Waals surface area contributed by atoms with Crippen LogP contribution in [0.5, 0.6) is 11.5 Å². The molecule has 0 spiro atoms. The predicted octanol–water partition coefficient (Wildman–Crippen LogP) is 3.92. The van der Waals surface area contributed by atoms with Gasteiger partial charge in [-0.3, -0.25) is 9.48 Å². The third-order valence-corrected chi connectivity index (χ3v) is 4.49. The molecule has 0 saturated carbocycles. The summed E-state index contributed by atoms with van der Waals surface area (Å²) in [4.78, 5) is 12.2. The lowest BCUT2D eigenvalue weighted by molar-refractivity contribution is -0.137. The van der Waals surface area contributed by atoms with Crippen LogP contribution in [0.25, 0.3) is 0 Å². The fourth-order valence-corrected chi connectivity index (χ4v) is 3.14. The van der Waals surface area contributed by atoms with E-state index in [-0.39, 0.29) is 18.1 Å². The Balaban J connectivity index is 1.33. The van der Waals surface area contributed by atoms with Crippen LogP contribution in [0, 0.1) is 0 Å². The molecule has 0 aliphatic carbocycles. The van der Waals surface area contributed by atoms with Crippen molar-refractivity contribution in [2.45, 2.75) is 25.2 Å². The number of nitrogens with one attached hydrogen (secondary N) is 1. The van der Waals surface area contributed by atoms with Gasteiger partial charge < -0.3 is 14.8 Å². The molecule has 1 aromatic heterocycles. The Labute approximate surface area is 170 Å². The quantitative estimate of drug-likeness (QED) is 0.684. The Bertz CT molecular complexity index is 1050. The molecule has 3 aromatic rings. The maximum atomic E-state index is 12.8. The van der Waals surface area contributed by atoms with Gasteiger partial charge in [-0.15, -0.1) is 0 Å². The number of benzene rings is 2.